The summed E-state index contributed by atoms with van der Waals surface area (Å²) in [6, 6.07) is 9.05. The van der Waals surface area contributed by atoms with E-state index in [2.05, 4.69) is 57.3 Å². The van der Waals surface area contributed by atoms with Crippen LogP contribution in [0.3, 0.4) is 0 Å². The summed E-state index contributed by atoms with van der Waals surface area (Å²) in [7, 11) is 0. The van der Waals surface area contributed by atoms with Gasteiger partial charge in [0.1, 0.15) is 0 Å². The molecular formula is C18H31NO. The van der Waals surface area contributed by atoms with Crippen LogP contribution in [0.15, 0.2) is 24.3 Å². The number of benzene rings is 1. The van der Waals surface area contributed by atoms with Crippen LogP contribution in [-0.4, -0.2) is 19.3 Å². The van der Waals surface area contributed by atoms with Gasteiger partial charge in [0, 0.05) is 6.61 Å². The summed E-state index contributed by atoms with van der Waals surface area (Å²) in [4.78, 5) is 0. The molecule has 0 aromatic heterocycles. The zero-order valence-electron chi connectivity index (χ0n) is 13.6. The van der Waals surface area contributed by atoms with Crippen molar-refractivity contribution in [3.05, 3.63) is 35.4 Å². The van der Waals surface area contributed by atoms with Crippen LogP contribution in [0.5, 0.6) is 0 Å². The smallest absolute Gasteiger partial charge is 0.0741 e. The Bertz CT molecular complexity index is 347. The van der Waals surface area contributed by atoms with Gasteiger partial charge in [0.05, 0.1) is 12.1 Å². The van der Waals surface area contributed by atoms with Crippen LogP contribution in [0.25, 0.3) is 0 Å². The van der Waals surface area contributed by atoms with Gasteiger partial charge in [-0.25, -0.2) is 0 Å². The van der Waals surface area contributed by atoms with Crippen molar-refractivity contribution in [2.24, 2.45) is 0 Å². The SMILES string of the molecule is CCCCCCOC(C)C(NCC)c1ccc(C)cc1. The van der Waals surface area contributed by atoms with Gasteiger partial charge >= 0.3 is 0 Å². The van der Waals surface area contributed by atoms with E-state index in [9.17, 15) is 0 Å². The third-order valence-electron chi connectivity index (χ3n) is 3.71. The van der Waals surface area contributed by atoms with Gasteiger partial charge in [0.2, 0.25) is 0 Å². The number of hydrogen-bond donors (Lipinski definition) is 1. The summed E-state index contributed by atoms with van der Waals surface area (Å²) >= 11 is 0. The van der Waals surface area contributed by atoms with Gasteiger partial charge in [-0.3, -0.25) is 0 Å². The Kier molecular flexibility index (Phi) is 8.56. The minimum absolute atomic E-state index is 0.208. The maximum atomic E-state index is 6.03. The van der Waals surface area contributed by atoms with E-state index in [1.54, 1.807) is 0 Å². The molecular weight excluding hydrogens is 246 g/mol. The fourth-order valence-corrected chi connectivity index (χ4v) is 2.44. The summed E-state index contributed by atoms with van der Waals surface area (Å²) in [6.07, 6.45) is 5.25. The lowest BCUT2D eigenvalue weighted by atomic mass is 10.0. The van der Waals surface area contributed by atoms with Crippen molar-refractivity contribution in [3.8, 4) is 0 Å². The molecule has 0 radical (unpaired) electrons. The summed E-state index contributed by atoms with van der Waals surface area (Å²) in [6.45, 7) is 10.5. The van der Waals surface area contributed by atoms with E-state index in [1.165, 1.54) is 36.8 Å². The highest BCUT2D eigenvalue weighted by Crippen LogP contribution is 2.20. The zero-order valence-corrected chi connectivity index (χ0v) is 13.6. The molecule has 1 aromatic carbocycles. The summed E-state index contributed by atoms with van der Waals surface area (Å²) in [5.41, 5.74) is 2.62. The summed E-state index contributed by atoms with van der Waals surface area (Å²) in [5.74, 6) is 0. The van der Waals surface area contributed by atoms with Crippen molar-refractivity contribution in [3.63, 3.8) is 0 Å². The Morgan fingerprint density at radius 1 is 1.05 bits per heavy atom. The van der Waals surface area contributed by atoms with Gasteiger partial charge in [-0.05, 0) is 32.4 Å². The molecule has 0 saturated heterocycles. The molecule has 2 atom stereocenters. The molecule has 0 spiro atoms. The second-order valence-corrected chi connectivity index (χ2v) is 5.58. The van der Waals surface area contributed by atoms with Crippen LogP contribution >= 0.6 is 0 Å². The van der Waals surface area contributed by atoms with E-state index >= 15 is 0 Å². The van der Waals surface area contributed by atoms with E-state index in [0.29, 0.717) is 0 Å². The number of hydrogen-bond acceptors (Lipinski definition) is 2. The van der Waals surface area contributed by atoms with E-state index in [0.717, 1.165) is 13.2 Å². The second kappa shape index (κ2) is 9.95. The normalized spacial score (nSPS) is 14.2. The molecule has 1 N–H and O–H groups in total. The van der Waals surface area contributed by atoms with E-state index in [4.69, 9.17) is 4.74 Å². The first-order valence-electron chi connectivity index (χ1n) is 8.10. The van der Waals surface area contributed by atoms with Crippen molar-refractivity contribution < 1.29 is 4.74 Å². The first-order chi connectivity index (χ1) is 9.69. The van der Waals surface area contributed by atoms with Gasteiger partial charge in [-0.2, -0.15) is 0 Å². The molecule has 0 aliphatic carbocycles. The van der Waals surface area contributed by atoms with Gasteiger partial charge in [0.25, 0.3) is 0 Å². The molecule has 2 unspecified atom stereocenters. The lowest BCUT2D eigenvalue weighted by Crippen LogP contribution is -2.32. The maximum absolute atomic E-state index is 6.03. The summed E-state index contributed by atoms with van der Waals surface area (Å²) < 4.78 is 6.03. The van der Waals surface area contributed by atoms with E-state index in [1.807, 2.05) is 0 Å². The van der Waals surface area contributed by atoms with Gasteiger partial charge < -0.3 is 10.1 Å². The number of likely N-dealkylation sites (N-methyl/N-ethyl adjacent to an activating group) is 1. The topological polar surface area (TPSA) is 21.3 Å². The molecule has 2 nitrogen and oxygen atoms in total. The zero-order chi connectivity index (χ0) is 14.8. The Balaban J connectivity index is 2.49. The molecule has 114 valence electrons. The monoisotopic (exact) mass is 277 g/mol. The molecule has 0 heterocycles. The van der Waals surface area contributed by atoms with E-state index < -0.39 is 0 Å². The maximum Gasteiger partial charge on any atom is 0.0741 e. The third-order valence-corrected chi connectivity index (χ3v) is 3.71. The molecule has 1 rings (SSSR count). The fourth-order valence-electron chi connectivity index (χ4n) is 2.44. The van der Waals surface area contributed by atoms with Crippen molar-refractivity contribution >= 4 is 0 Å². The van der Waals surface area contributed by atoms with Crippen molar-refractivity contribution in [2.75, 3.05) is 13.2 Å². The Morgan fingerprint density at radius 2 is 1.75 bits per heavy atom. The Morgan fingerprint density at radius 3 is 2.35 bits per heavy atom. The van der Waals surface area contributed by atoms with Gasteiger partial charge in [0.15, 0.2) is 0 Å². The minimum atomic E-state index is 0.208. The Labute approximate surface area is 124 Å². The van der Waals surface area contributed by atoms with Crippen LogP contribution in [0.4, 0.5) is 0 Å². The van der Waals surface area contributed by atoms with Crippen molar-refractivity contribution in [1.82, 2.24) is 5.32 Å². The van der Waals surface area contributed by atoms with Crippen LogP contribution in [-0.2, 0) is 4.74 Å². The second-order valence-electron chi connectivity index (χ2n) is 5.58. The average Bonchev–Trinajstić information content (AvgIpc) is 2.45. The largest absolute Gasteiger partial charge is 0.377 e. The number of unbranched alkanes of at least 4 members (excludes halogenated alkanes) is 3. The molecule has 0 fully saturated rings. The van der Waals surface area contributed by atoms with E-state index in [-0.39, 0.29) is 12.1 Å². The number of ether oxygens (including phenoxy) is 1. The van der Waals surface area contributed by atoms with Crippen LogP contribution < -0.4 is 5.32 Å². The highest BCUT2D eigenvalue weighted by molar-refractivity contribution is 5.24. The highest BCUT2D eigenvalue weighted by Gasteiger charge is 2.18. The standard InChI is InChI=1S/C18H31NO/c1-5-7-8-9-14-20-16(4)18(19-6-2)17-12-10-15(3)11-13-17/h10-13,16,18-19H,5-9,14H2,1-4H3. The van der Waals surface area contributed by atoms with Crippen LogP contribution in [0.1, 0.15) is 63.6 Å². The van der Waals surface area contributed by atoms with Gasteiger partial charge in [-0.1, -0.05) is 62.9 Å². The molecule has 0 bridgehead atoms. The predicted octanol–water partition coefficient (Wildman–Crippen LogP) is 4.63. The number of rotatable bonds is 10. The predicted molar refractivity (Wildman–Crippen MR) is 87.2 cm³/mol. The third kappa shape index (κ3) is 6.06. The first kappa shape index (κ1) is 17.2. The molecule has 0 aliphatic heterocycles. The first-order valence-corrected chi connectivity index (χ1v) is 8.10. The van der Waals surface area contributed by atoms with Crippen LogP contribution in [0.2, 0.25) is 0 Å². The lowest BCUT2D eigenvalue weighted by molar-refractivity contribution is 0.0365. The number of aryl methyl sites for hydroxylation is 1. The molecule has 2 heteroatoms. The minimum Gasteiger partial charge on any atom is -0.377 e. The average molecular weight is 277 g/mol. The van der Waals surface area contributed by atoms with Crippen LogP contribution in [0, 0.1) is 6.92 Å². The fraction of sp³-hybridized carbons (Fsp3) is 0.667. The van der Waals surface area contributed by atoms with Crippen molar-refractivity contribution in [2.45, 2.75) is 65.5 Å². The molecule has 0 saturated carbocycles. The summed E-state index contributed by atoms with van der Waals surface area (Å²) in [5, 5.41) is 3.55. The van der Waals surface area contributed by atoms with Gasteiger partial charge in [-0.15, -0.1) is 0 Å². The quantitative estimate of drug-likeness (QED) is 0.629. The Hall–Kier alpha value is -0.860. The molecule has 1 aromatic rings. The van der Waals surface area contributed by atoms with Crippen molar-refractivity contribution in [1.29, 1.82) is 0 Å². The molecule has 0 aliphatic rings. The lowest BCUT2D eigenvalue weighted by Gasteiger charge is -2.25. The number of nitrogens with one attached hydrogen (secondary N) is 1. The highest BCUT2D eigenvalue weighted by atomic mass is 16.5. The molecule has 20 heavy (non-hydrogen) atoms. The molecule has 0 amide bonds.